The van der Waals surface area contributed by atoms with Crippen molar-refractivity contribution in [2.45, 2.75) is 38.8 Å². The average Bonchev–Trinajstić information content (AvgIpc) is 2.21. The van der Waals surface area contributed by atoms with Crippen LogP contribution in [-0.2, 0) is 4.79 Å². The summed E-state index contributed by atoms with van der Waals surface area (Å²) < 4.78 is 0. The van der Waals surface area contributed by atoms with E-state index in [2.05, 4.69) is 5.32 Å². The summed E-state index contributed by atoms with van der Waals surface area (Å²) in [4.78, 5) is 13.8. The normalized spacial score (nSPS) is 27.9. The first-order valence-corrected chi connectivity index (χ1v) is 5.55. The van der Waals surface area contributed by atoms with Gasteiger partial charge < -0.3 is 15.3 Å². The number of nitrogens with one attached hydrogen (secondary N) is 1. The third kappa shape index (κ3) is 2.69. The van der Waals surface area contributed by atoms with Gasteiger partial charge in [0.15, 0.2) is 0 Å². The second kappa shape index (κ2) is 4.49. The molecule has 4 heteroatoms. The number of aliphatic hydroxyl groups is 1. The third-order valence-corrected chi connectivity index (χ3v) is 3.37. The number of β-amino-alcohol motifs (C(OH)–C–C–N with tert-alkyl or cyclic N) is 1. The van der Waals surface area contributed by atoms with Crippen LogP contribution in [0.3, 0.4) is 0 Å². The van der Waals surface area contributed by atoms with Crippen molar-refractivity contribution in [3.63, 3.8) is 0 Å². The maximum absolute atomic E-state index is 12.1. The van der Waals surface area contributed by atoms with Gasteiger partial charge in [-0.2, -0.15) is 0 Å². The molecule has 1 rings (SSSR count). The zero-order chi connectivity index (χ0) is 11.6. The van der Waals surface area contributed by atoms with Crippen LogP contribution >= 0.6 is 0 Å². The summed E-state index contributed by atoms with van der Waals surface area (Å²) in [5.74, 6) is 0.364. The van der Waals surface area contributed by atoms with Crippen LogP contribution in [-0.4, -0.2) is 47.7 Å². The molecule has 15 heavy (non-hydrogen) atoms. The van der Waals surface area contributed by atoms with Crippen molar-refractivity contribution in [2.75, 3.05) is 20.1 Å². The number of nitrogens with zero attached hydrogens (tertiary/aromatic N) is 1. The van der Waals surface area contributed by atoms with Crippen molar-refractivity contribution >= 4 is 5.91 Å². The Morgan fingerprint density at radius 1 is 1.53 bits per heavy atom. The van der Waals surface area contributed by atoms with E-state index in [4.69, 9.17) is 0 Å². The summed E-state index contributed by atoms with van der Waals surface area (Å²) in [6.45, 7) is 6.96. The van der Waals surface area contributed by atoms with Crippen LogP contribution in [0.25, 0.3) is 0 Å². The first-order chi connectivity index (χ1) is 6.88. The van der Waals surface area contributed by atoms with Crippen molar-refractivity contribution in [3.8, 4) is 0 Å². The van der Waals surface area contributed by atoms with Gasteiger partial charge in [0.25, 0.3) is 0 Å². The van der Waals surface area contributed by atoms with Crippen LogP contribution < -0.4 is 5.32 Å². The molecule has 0 radical (unpaired) electrons. The molecule has 88 valence electrons. The standard InChI is InChI=1S/C11H22N2O2/c1-8-5-6-13(7-9(8)14)10(15)11(2,3)12-4/h8-9,12,14H,5-7H2,1-4H3. The Kier molecular flexibility index (Phi) is 3.73. The van der Waals surface area contributed by atoms with Crippen LogP contribution in [0.15, 0.2) is 0 Å². The summed E-state index contributed by atoms with van der Waals surface area (Å²) in [5, 5.41) is 12.7. The monoisotopic (exact) mass is 214 g/mol. The van der Waals surface area contributed by atoms with Crippen molar-refractivity contribution in [1.82, 2.24) is 10.2 Å². The van der Waals surface area contributed by atoms with Crippen molar-refractivity contribution in [2.24, 2.45) is 5.92 Å². The molecule has 0 aromatic rings. The van der Waals surface area contributed by atoms with Crippen LogP contribution in [0.5, 0.6) is 0 Å². The van der Waals surface area contributed by atoms with Gasteiger partial charge in [0.2, 0.25) is 5.91 Å². The summed E-state index contributed by atoms with van der Waals surface area (Å²) >= 11 is 0. The zero-order valence-electron chi connectivity index (χ0n) is 10.1. The molecule has 0 spiro atoms. The van der Waals surface area contributed by atoms with E-state index < -0.39 is 5.54 Å². The number of carbonyl (C=O) groups is 1. The number of rotatable bonds is 2. The zero-order valence-corrected chi connectivity index (χ0v) is 10.1. The average molecular weight is 214 g/mol. The first kappa shape index (κ1) is 12.5. The van der Waals surface area contributed by atoms with E-state index in [1.54, 1.807) is 11.9 Å². The molecule has 1 saturated heterocycles. The Bertz CT molecular complexity index is 241. The second-order valence-electron chi connectivity index (χ2n) is 4.96. The molecule has 0 aromatic heterocycles. The predicted octanol–water partition coefficient (Wildman–Crippen LogP) is 0.214. The van der Waals surface area contributed by atoms with Crippen LogP contribution in [0.4, 0.5) is 0 Å². The van der Waals surface area contributed by atoms with Crippen molar-refractivity contribution < 1.29 is 9.90 Å². The van der Waals surface area contributed by atoms with Crippen molar-refractivity contribution in [1.29, 1.82) is 0 Å². The summed E-state index contributed by atoms with van der Waals surface area (Å²) in [6.07, 6.45) is 0.502. The first-order valence-electron chi connectivity index (χ1n) is 5.55. The number of likely N-dealkylation sites (N-methyl/N-ethyl adjacent to an activating group) is 1. The Morgan fingerprint density at radius 3 is 2.60 bits per heavy atom. The fourth-order valence-electron chi connectivity index (χ4n) is 1.74. The van der Waals surface area contributed by atoms with Gasteiger partial charge in [-0.1, -0.05) is 6.92 Å². The van der Waals surface area contributed by atoms with Gasteiger partial charge in [-0.15, -0.1) is 0 Å². The van der Waals surface area contributed by atoms with Gasteiger partial charge in [0.1, 0.15) is 0 Å². The van der Waals surface area contributed by atoms with Gasteiger partial charge >= 0.3 is 0 Å². The summed E-state index contributed by atoms with van der Waals surface area (Å²) in [6, 6.07) is 0. The minimum atomic E-state index is -0.541. The topological polar surface area (TPSA) is 52.6 Å². The lowest BCUT2D eigenvalue weighted by Crippen LogP contribution is -2.56. The third-order valence-electron chi connectivity index (χ3n) is 3.37. The van der Waals surface area contributed by atoms with E-state index in [1.165, 1.54) is 0 Å². The largest absolute Gasteiger partial charge is 0.391 e. The highest BCUT2D eigenvalue weighted by molar-refractivity contribution is 5.85. The molecule has 2 atom stereocenters. The maximum atomic E-state index is 12.1. The number of amides is 1. The number of carbonyl (C=O) groups excluding carboxylic acids is 1. The van der Waals surface area contributed by atoms with Gasteiger partial charge in [0.05, 0.1) is 11.6 Å². The Labute approximate surface area is 91.6 Å². The van der Waals surface area contributed by atoms with E-state index in [0.717, 1.165) is 13.0 Å². The molecule has 2 unspecified atom stereocenters. The molecule has 1 amide bonds. The van der Waals surface area contributed by atoms with Crippen molar-refractivity contribution in [3.05, 3.63) is 0 Å². The Balaban J connectivity index is 2.62. The number of aliphatic hydroxyl groups excluding tert-OH is 1. The van der Waals surface area contributed by atoms with Crippen LogP contribution in [0.2, 0.25) is 0 Å². The van der Waals surface area contributed by atoms with Crippen LogP contribution in [0, 0.1) is 5.92 Å². The molecule has 1 aliphatic rings. The molecule has 1 aliphatic heterocycles. The molecule has 1 heterocycles. The number of likely N-dealkylation sites (tertiary alicyclic amines) is 1. The molecular weight excluding hydrogens is 192 g/mol. The minimum absolute atomic E-state index is 0.0657. The van der Waals surface area contributed by atoms with E-state index >= 15 is 0 Å². The van der Waals surface area contributed by atoms with Crippen LogP contribution in [0.1, 0.15) is 27.2 Å². The lowest BCUT2D eigenvalue weighted by Gasteiger charge is -2.38. The molecular formula is C11H22N2O2. The lowest BCUT2D eigenvalue weighted by molar-refractivity contribution is -0.141. The highest BCUT2D eigenvalue weighted by atomic mass is 16.3. The fraction of sp³-hybridized carbons (Fsp3) is 0.909. The Hall–Kier alpha value is -0.610. The second-order valence-corrected chi connectivity index (χ2v) is 4.96. The predicted molar refractivity (Wildman–Crippen MR) is 59.5 cm³/mol. The van der Waals surface area contributed by atoms with Gasteiger partial charge in [-0.25, -0.2) is 0 Å². The SMILES string of the molecule is CNC(C)(C)C(=O)N1CCC(C)C(O)C1. The van der Waals surface area contributed by atoms with Gasteiger partial charge in [-0.3, -0.25) is 4.79 Å². The van der Waals surface area contributed by atoms with Gasteiger partial charge in [-0.05, 0) is 33.2 Å². The number of hydrogen-bond acceptors (Lipinski definition) is 3. The van der Waals surface area contributed by atoms with E-state index in [1.807, 2.05) is 20.8 Å². The maximum Gasteiger partial charge on any atom is 0.242 e. The molecule has 0 saturated carbocycles. The molecule has 1 fully saturated rings. The summed E-state index contributed by atoms with van der Waals surface area (Å²) in [5.41, 5.74) is -0.541. The number of piperidine rings is 1. The summed E-state index contributed by atoms with van der Waals surface area (Å²) in [7, 11) is 1.78. The van der Waals surface area contributed by atoms with E-state index in [9.17, 15) is 9.90 Å². The van der Waals surface area contributed by atoms with E-state index in [-0.39, 0.29) is 12.0 Å². The minimum Gasteiger partial charge on any atom is -0.391 e. The molecule has 0 aliphatic carbocycles. The molecule has 4 nitrogen and oxygen atoms in total. The highest BCUT2D eigenvalue weighted by Gasteiger charge is 2.34. The molecule has 2 N–H and O–H groups in total. The lowest BCUT2D eigenvalue weighted by atomic mass is 9.94. The number of hydrogen-bond donors (Lipinski definition) is 2. The molecule has 0 aromatic carbocycles. The Morgan fingerprint density at radius 2 is 2.13 bits per heavy atom. The highest BCUT2D eigenvalue weighted by Crippen LogP contribution is 2.19. The van der Waals surface area contributed by atoms with Gasteiger partial charge in [0, 0.05) is 13.1 Å². The quantitative estimate of drug-likeness (QED) is 0.691. The molecule has 0 bridgehead atoms. The smallest absolute Gasteiger partial charge is 0.242 e. The fourth-order valence-corrected chi connectivity index (χ4v) is 1.74. The van der Waals surface area contributed by atoms with E-state index in [0.29, 0.717) is 12.5 Å².